The van der Waals surface area contributed by atoms with Gasteiger partial charge in [0.2, 0.25) is 0 Å². The summed E-state index contributed by atoms with van der Waals surface area (Å²) in [6, 6.07) is 0. The molecular weight excluding hydrogens is 580 g/mol. The molecule has 0 rings (SSSR count). The van der Waals surface area contributed by atoms with Crippen LogP contribution in [0.25, 0.3) is 0 Å². The van der Waals surface area contributed by atoms with E-state index in [0.717, 1.165) is 0 Å². The van der Waals surface area contributed by atoms with E-state index in [4.69, 9.17) is 48.4 Å². The molecule has 14 heteroatoms. The highest BCUT2D eigenvalue weighted by Crippen LogP contribution is 2.56. The van der Waals surface area contributed by atoms with Gasteiger partial charge < -0.3 is 28.3 Å². The van der Waals surface area contributed by atoms with Crippen molar-refractivity contribution in [1.82, 2.24) is 14.7 Å². The molecule has 0 N–H and O–H groups in total. The first-order valence-corrected chi connectivity index (χ1v) is 14.9. The van der Waals surface area contributed by atoms with Crippen LogP contribution in [0.4, 0.5) is 0 Å². The number of rotatable bonds is 15. The largest absolute Gasteiger partial charge is 0.646 e. The number of nitrogens with zero attached hydrogens (tertiary/aromatic N) is 3. The van der Waals surface area contributed by atoms with Gasteiger partial charge in [-0.2, -0.15) is 4.57 Å². The molecule has 0 unspecified atom stereocenters. The normalized spacial score (nSPS) is 13.5. The zero-order valence-corrected chi connectivity index (χ0v) is 26.7. The Labute approximate surface area is 241 Å². The van der Waals surface area contributed by atoms with Crippen molar-refractivity contribution in [3.05, 3.63) is 32.4 Å². The van der Waals surface area contributed by atoms with Crippen LogP contribution in [0.1, 0.15) is 62.3 Å². The molecule has 0 aliphatic rings. The zero-order chi connectivity index (χ0) is 29.8. The Morgan fingerprint density at radius 1 is 0.526 bits per heavy atom. The number of halogens is 3. The monoisotopic (exact) mass is 617 g/mol. The summed E-state index contributed by atoms with van der Waals surface area (Å²) in [6.45, 7) is 16.8. The molecule has 0 aliphatic carbocycles. The summed E-state index contributed by atoms with van der Waals surface area (Å²) in [7, 11) is -4.75. The quantitative estimate of drug-likeness (QED) is 0.123. The van der Waals surface area contributed by atoms with Gasteiger partial charge in [-0.25, -0.2) is 0 Å². The predicted octanol–water partition coefficient (Wildman–Crippen LogP) is 6.16. The van der Waals surface area contributed by atoms with Crippen LogP contribution in [0.2, 0.25) is 0 Å². The Morgan fingerprint density at radius 3 is 0.868 bits per heavy atom. The number of likely N-dealkylation sites (N-methyl/N-ethyl adjacent to an activating group) is 3. The molecule has 0 aromatic heterocycles. The summed E-state index contributed by atoms with van der Waals surface area (Å²) < 4.78 is 30.2. The third-order valence-corrected chi connectivity index (χ3v) is 8.16. The Morgan fingerprint density at radius 2 is 0.711 bits per heavy atom. The van der Waals surface area contributed by atoms with Crippen molar-refractivity contribution < 1.29 is 32.5 Å². The maximum Gasteiger partial charge on any atom is 0.646 e. The molecule has 0 heterocycles. The SMILES string of the molecule is CCN(CC)C(=O)/C(Cl)=C(\C)OP(=O)(O/C(C)=C(\Cl)C(=O)N(CC)CC)O/C(C)=C(\Cl)C(=O)N(CC)CC. The molecule has 0 radical (unpaired) electrons. The summed E-state index contributed by atoms with van der Waals surface area (Å²) in [5.41, 5.74) is 0. The maximum atomic E-state index is 13.8. The summed E-state index contributed by atoms with van der Waals surface area (Å²) in [5.74, 6) is -2.51. The van der Waals surface area contributed by atoms with Gasteiger partial charge in [-0.1, -0.05) is 34.8 Å². The van der Waals surface area contributed by atoms with E-state index in [1.165, 1.54) is 35.5 Å². The summed E-state index contributed by atoms with van der Waals surface area (Å²) >= 11 is 18.7. The van der Waals surface area contributed by atoms with E-state index in [1.807, 2.05) is 0 Å². The lowest BCUT2D eigenvalue weighted by atomic mass is 10.4. The first-order valence-electron chi connectivity index (χ1n) is 12.3. The first-order chi connectivity index (χ1) is 17.7. The number of carbonyl (C=O) groups is 3. The second-order valence-corrected chi connectivity index (χ2v) is 10.3. The molecule has 0 aromatic carbocycles. The van der Waals surface area contributed by atoms with Crippen molar-refractivity contribution in [1.29, 1.82) is 0 Å². The van der Waals surface area contributed by atoms with E-state index in [1.54, 1.807) is 41.5 Å². The highest BCUT2D eigenvalue weighted by Gasteiger charge is 2.37. The summed E-state index contributed by atoms with van der Waals surface area (Å²) in [6.07, 6.45) is 0. The van der Waals surface area contributed by atoms with Crippen LogP contribution in [0.15, 0.2) is 32.4 Å². The number of hydrogen-bond donors (Lipinski definition) is 0. The lowest BCUT2D eigenvalue weighted by Gasteiger charge is -2.24. The topological polar surface area (TPSA) is 106 Å². The average molecular weight is 619 g/mol. The third-order valence-electron chi connectivity index (χ3n) is 5.39. The van der Waals surface area contributed by atoms with Gasteiger partial charge in [0.05, 0.1) is 0 Å². The fraction of sp³-hybridized carbons (Fsp3) is 0.625. The number of allylic oxidation sites excluding steroid dienone is 3. The van der Waals surface area contributed by atoms with E-state index in [0.29, 0.717) is 39.3 Å². The van der Waals surface area contributed by atoms with Crippen LogP contribution in [0, 0.1) is 0 Å². The lowest BCUT2D eigenvalue weighted by Crippen LogP contribution is -2.31. The van der Waals surface area contributed by atoms with Gasteiger partial charge in [0.15, 0.2) is 0 Å². The maximum absolute atomic E-state index is 13.8. The highest BCUT2D eigenvalue weighted by atomic mass is 35.5. The van der Waals surface area contributed by atoms with E-state index < -0.39 is 25.5 Å². The Hall–Kier alpha value is -1.87. The summed E-state index contributed by atoms with van der Waals surface area (Å²) in [4.78, 5) is 42.3. The standard InChI is InChI=1S/C24H39Cl3N3O7P/c1-10-28(11-2)22(31)19(25)16(7)35-38(34,36-17(8)20(26)23(32)29(12-3)13-4)37-18(9)21(27)24(33)30(14-5)15-6/h10-15H2,1-9H3/b19-16-,20-17-,21-18-. The second-order valence-electron chi connectivity index (χ2n) is 7.76. The van der Waals surface area contributed by atoms with Gasteiger partial charge in [-0.05, 0) is 62.3 Å². The van der Waals surface area contributed by atoms with E-state index in [9.17, 15) is 18.9 Å². The number of amides is 3. The number of phosphoric ester groups is 1. The van der Waals surface area contributed by atoms with Crippen molar-refractivity contribution in [2.75, 3.05) is 39.3 Å². The molecule has 0 atom stereocenters. The third kappa shape index (κ3) is 10.0. The van der Waals surface area contributed by atoms with Crippen molar-refractivity contribution in [3.8, 4) is 0 Å². The van der Waals surface area contributed by atoms with Gasteiger partial charge in [0.25, 0.3) is 17.7 Å². The van der Waals surface area contributed by atoms with Crippen molar-refractivity contribution in [3.63, 3.8) is 0 Å². The molecule has 0 aliphatic heterocycles. The molecule has 10 nitrogen and oxygen atoms in total. The Kier molecular flexibility index (Phi) is 16.1. The van der Waals surface area contributed by atoms with Crippen LogP contribution < -0.4 is 0 Å². The Bertz CT molecular complexity index is 879. The van der Waals surface area contributed by atoms with Crippen molar-refractivity contribution in [2.24, 2.45) is 0 Å². The molecule has 0 aromatic rings. The van der Waals surface area contributed by atoms with Crippen LogP contribution in [0.5, 0.6) is 0 Å². The van der Waals surface area contributed by atoms with E-state index >= 15 is 0 Å². The molecule has 0 fully saturated rings. The number of phosphoric acid groups is 1. The summed E-state index contributed by atoms with van der Waals surface area (Å²) in [5, 5.41) is -1.08. The van der Waals surface area contributed by atoms with Gasteiger partial charge in [-0.15, -0.1) is 0 Å². The first kappa shape index (κ1) is 36.1. The zero-order valence-electron chi connectivity index (χ0n) is 23.5. The minimum atomic E-state index is -4.75. The van der Waals surface area contributed by atoms with Gasteiger partial charge in [0.1, 0.15) is 32.4 Å². The highest BCUT2D eigenvalue weighted by molar-refractivity contribution is 7.48. The predicted molar refractivity (Wildman–Crippen MR) is 150 cm³/mol. The number of hydrogen-bond acceptors (Lipinski definition) is 7. The minimum absolute atomic E-state index is 0.273. The average Bonchev–Trinajstić information content (AvgIpc) is 2.88. The van der Waals surface area contributed by atoms with Gasteiger partial charge in [-0.3, -0.25) is 14.4 Å². The minimum Gasteiger partial charge on any atom is -0.389 e. The molecule has 218 valence electrons. The molecule has 3 amide bonds. The molecular formula is C24H39Cl3N3O7P. The fourth-order valence-corrected chi connectivity index (χ4v) is 5.11. The van der Waals surface area contributed by atoms with Crippen LogP contribution in [-0.2, 0) is 32.5 Å². The fourth-order valence-electron chi connectivity index (χ4n) is 3.08. The Balaban J connectivity index is 6.62. The molecule has 0 bridgehead atoms. The second kappa shape index (κ2) is 17.0. The molecule has 0 spiro atoms. The van der Waals surface area contributed by atoms with E-state index in [2.05, 4.69) is 0 Å². The van der Waals surface area contributed by atoms with Crippen molar-refractivity contribution >= 4 is 60.3 Å². The van der Waals surface area contributed by atoms with Crippen molar-refractivity contribution in [2.45, 2.75) is 62.3 Å². The van der Waals surface area contributed by atoms with E-state index in [-0.39, 0.29) is 32.4 Å². The smallest absolute Gasteiger partial charge is 0.389 e. The van der Waals surface area contributed by atoms with Crippen LogP contribution in [0.3, 0.4) is 0 Å². The molecule has 38 heavy (non-hydrogen) atoms. The molecule has 0 saturated heterocycles. The van der Waals surface area contributed by atoms with Gasteiger partial charge >= 0.3 is 7.82 Å². The molecule has 0 saturated carbocycles. The van der Waals surface area contributed by atoms with Crippen LogP contribution >= 0.6 is 42.6 Å². The number of carbonyl (C=O) groups excluding carboxylic acids is 3. The van der Waals surface area contributed by atoms with Gasteiger partial charge in [0, 0.05) is 39.3 Å². The lowest BCUT2D eigenvalue weighted by molar-refractivity contribution is -0.127. The van der Waals surface area contributed by atoms with Crippen LogP contribution in [-0.4, -0.2) is 71.7 Å².